The lowest BCUT2D eigenvalue weighted by Gasteiger charge is -2.00. The van der Waals surface area contributed by atoms with Crippen LogP contribution in [0.25, 0.3) is 33.7 Å². The van der Waals surface area contributed by atoms with E-state index in [0.717, 1.165) is 40.1 Å². The fourth-order valence-corrected chi connectivity index (χ4v) is 3.22. The third-order valence-corrected chi connectivity index (χ3v) is 4.76. The number of furan rings is 1. The zero-order valence-electron chi connectivity index (χ0n) is 14.7. The molecule has 2 aromatic heterocycles. The summed E-state index contributed by atoms with van der Waals surface area (Å²) in [5.41, 5.74) is 6.38. The maximum Gasteiger partial charge on any atom is 0.335 e. The van der Waals surface area contributed by atoms with Gasteiger partial charge < -0.3 is 14.5 Å². The van der Waals surface area contributed by atoms with Gasteiger partial charge in [0.15, 0.2) is 5.76 Å². The summed E-state index contributed by atoms with van der Waals surface area (Å²) in [6.07, 6.45) is 0.926. The summed E-state index contributed by atoms with van der Waals surface area (Å²) in [4.78, 5) is 14.4. The lowest BCUT2D eigenvalue weighted by atomic mass is 10.1. The number of aromatic nitrogens is 1. The number of carbonyl (C=O) groups is 1. The topological polar surface area (TPSA) is 66.2 Å². The Morgan fingerprint density at radius 1 is 1.04 bits per heavy atom. The Morgan fingerprint density at radius 2 is 1.77 bits per heavy atom. The van der Waals surface area contributed by atoms with Gasteiger partial charge in [-0.15, -0.1) is 0 Å². The molecule has 0 unspecified atom stereocenters. The summed E-state index contributed by atoms with van der Waals surface area (Å²) in [5, 5.41) is 10.2. The number of rotatable bonds is 4. The molecule has 0 atom stereocenters. The van der Waals surface area contributed by atoms with E-state index < -0.39 is 5.97 Å². The highest BCUT2D eigenvalue weighted by Crippen LogP contribution is 2.33. The van der Waals surface area contributed by atoms with Crippen molar-refractivity contribution in [2.75, 3.05) is 0 Å². The molecule has 4 heteroatoms. The van der Waals surface area contributed by atoms with Gasteiger partial charge in [0.1, 0.15) is 5.58 Å². The Labute approximate surface area is 151 Å². The van der Waals surface area contributed by atoms with Gasteiger partial charge in [0.2, 0.25) is 0 Å². The second-order valence-electron chi connectivity index (χ2n) is 6.42. The number of aromatic carboxylic acids is 1. The summed E-state index contributed by atoms with van der Waals surface area (Å²) in [6.45, 7) is 4.21. The average Bonchev–Trinajstić information content (AvgIpc) is 3.30. The fourth-order valence-electron chi connectivity index (χ4n) is 3.22. The molecule has 2 aromatic carbocycles. The largest absolute Gasteiger partial charge is 0.478 e. The quantitative estimate of drug-likeness (QED) is 0.501. The molecule has 2 N–H and O–H groups in total. The van der Waals surface area contributed by atoms with Gasteiger partial charge in [-0.1, -0.05) is 31.2 Å². The fraction of sp³-hybridized carbons (Fsp3) is 0.136. The van der Waals surface area contributed by atoms with Crippen molar-refractivity contribution in [2.45, 2.75) is 20.3 Å². The van der Waals surface area contributed by atoms with Crippen LogP contribution < -0.4 is 0 Å². The summed E-state index contributed by atoms with van der Waals surface area (Å²) in [5.74, 6) is -0.120. The number of carboxylic acid groups (broad SMARTS) is 1. The van der Waals surface area contributed by atoms with Crippen LogP contribution in [0, 0.1) is 6.92 Å². The Bertz CT molecular complexity index is 1100. The first-order valence-electron chi connectivity index (χ1n) is 8.62. The monoisotopic (exact) mass is 345 g/mol. The number of nitrogens with one attached hydrogen (secondary N) is 1. The van der Waals surface area contributed by atoms with Gasteiger partial charge in [-0.25, -0.2) is 4.79 Å². The molecule has 0 amide bonds. The Hall–Kier alpha value is -3.27. The van der Waals surface area contributed by atoms with E-state index in [2.05, 4.69) is 37.0 Å². The van der Waals surface area contributed by atoms with Gasteiger partial charge >= 0.3 is 5.97 Å². The van der Waals surface area contributed by atoms with Crippen LogP contribution in [-0.4, -0.2) is 16.1 Å². The first-order valence-corrected chi connectivity index (χ1v) is 8.62. The van der Waals surface area contributed by atoms with Crippen LogP contribution in [0.5, 0.6) is 0 Å². The number of benzene rings is 2. The Balaban J connectivity index is 1.73. The molecule has 0 aliphatic heterocycles. The number of aromatic amines is 1. The van der Waals surface area contributed by atoms with Gasteiger partial charge in [-0.2, -0.15) is 0 Å². The predicted molar refractivity (Wildman–Crippen MR) is 103 cm³/mol. The van der Waals surface area contributed by atoms with E-state index in [9.17, 15) is 4.79 Å². The number of aryl methyl sites for hydroxylation is 2. The van der Waals surface area contributed by atoms with E-state index >= 15 is 0 Å². The van der Waals surface area contributed by atoms with Crippen LogP contribution in [-0.2, 0) is 6.42 Å². The molecule has 0 aliphatic rings. The van der Waals surface area contributed by atoms with Crippen molar-refractivity contribution < 1.29 is 14.3 Å². The van der Waals surface area contributed by atoms with E-state index in [1.165, 1.54) is 11.1 Å². The van der Waals surface area contributed by atoms with E-state index in [-0.39, 0.29) is 5.56 Å². The molecule has 0 radical (unpaired) electrons. The molecule has 0 saturated heterocycles. The third kappa shape index (κ3) is 2.69. The highest BCUT2D eigenvalue weighted by Gasteiger charge is 2.13. The first-order chi connectivity index (χ1) is 12.6. The number of carboxylic acids is 1. The molecular weight excluding hydrogens is 326 g/mol. The number of fused-ring (bicyclic) bond motifs is 1. The molecule has 0 fully saturated rings. The van der Waals surface area contributed by atoms with Crippen LogP contribution in [0.3, 0.4) is 0 Å². The molecule has 0 bridgehead atoms. The van der Waals surface area contributed by atoms with Gasteiger partial charge in [0, 0.05) is 11.1 Å². The maximum atomic E-state index is 11.0. The lowest BCUT2D eigenvalue weighted by molar-refractivity contribution is 0.0697. The van der Waals surface area contributed by atoms with E-state index in [1.807, 2.05) is 12.1 Å². The molecule has 0 saturated carbocycles. The van der Waals surface area contributed by atoms with E-state index in [4.69, 9.17) is 9.52 Å². The molecule has 2 heterocycles. The molecule has 4 nitrogen and oxygen atoms in total. The standard InChI is InChI=1S/C22H19NO3/c1-3-14-5-4-13(2)17-12-20(26-21(14)17)19-11-10-18(23-19)15-6-8-16(9-7-15)22(24)25/h4-12,23H,3H2,1-2H3,(H,24,25). The highest BCUT2D eigenvalue weighted by molar-refractivity contribution is 5.89. The van der Waals surface area contributed by atoms with Gasteiger partial charge in [-0.3, -0.25) is 0 Å². The minimum Gasteiger partial charge on any atom is -0.478 e. The summed E-state index contributed by atoms with van der Waals surface area (Å²) in [6, 6.07) is 17.1. The normalized spacial score (nSPS) is 11.2. The Morgan fingerprint density at radius 3 is 2.46 bits per heavy atom. The molecule has 26 heavy (non-hydrogen) atoms. The van der Waals surface area contributed by atoms with Gasteiger partial charge in [-0.05, 0) is 60.4 Å². The van der Waals surface area contributed by atoms with Gasteiger partial charge in [0.25, 0.3) is 0 Å². The Kier molecular flexibility index (Phi) is 3.88. The van der Waals surface area contributed by atoms with Crippen molar-refractivity contribution in [1.29, 1.82) is 0 Å². The predicted octanol–water partition coefficient (Wildman–Crippen LogP) is 5.66. The molecule has 130 valence electrons. The summed E-state index contributed by atoms with van der Waals surface area (Å²) >= 11 is 0. The molecule has 4 rings (SSSR count). The van der Waals surface area contributed by atoms with Crippen molar-refractivity contribution in [1.82, 2.24) is 4.98 Å². The second kappa shape index (κ2) is 6.23. The van der Waals surface area contributed by atoms with Crippen LogP contribution >= 0.6 is 0 Å². The van der Waals surface area contributed by atoms with Crippen LogP contribution in [0.4, 0.5) is 0 Å². The number of H-pyrrole nitrogens is 1. The summed E-state index contributed by atoms with van der Waals surface area (Å²) in [7, 11) is 0. The molecule has 0 spiro atoms. The number of hydrogen-bond donors (Lipinski definition) is 2. The smallest absolute Gasteiger partial charge is 0.335 e. The molecule has 4 aromatic rings. The first kappa shape index (κ1) is 16.2. The second-order valence-corrected chi connectivity index (χ2v) is 6.42. The average molecular weight is 345 g/mol. The lowest BCUT2D eigenvalue weighted by Crippen LogP contribution is -1.94. The van der Waals surface area contributed by atoms with Crippen molar-refractivity contribution in [3.8, 4) is 22.7 Å². The minimum absolute atomic E-state index is 0.278. The maximum absolute atomic E-state index is 11.0. The number of hydrogen-bond acceptors (Lipinski definition) is 2. The highest BCUT2D eigenvalue weighted by atomic mass is 16.4. The van der Waals surface area contributed by atoms with Crippen LogP contribution in [0.1, 0.15) is 28.4 Å². The van der Waals surface area contributed by atoms with E-state index in [0.29, 0.717) is 0 Å². The SMILES string of the molecule is CCc1ccc(C)c2cc(-c3ccc(-c4ccc(C(=O)O)cc4)[nH]3)oc12. The molecule has 0 aliphatic carbocycles. The van der Waals surface area contributed by atoms with Crippen molar-refractivity contribution in [2.24, 2.45) is 0 Å². The van der Waals surface area contributed by atoms with Crippen molar-refractivity contribution >= 4 is 16.9 Å². The van der Waals surface area contributed by atoms with E-state index in [1.54, 1.807) is 24.3 Å². The van der Waals surface area contributed by atoms with Crippen LogP contribution in [0.2, 0.25) is 0 Å². The van der Waals surface area contributed by atoms with Crippen molar-refractivity contribution in [3.63, 3.8) is 0 Å². The molecular formula is C22H19NO3. The van der Waals surface area contributed by atoms with Gasteiger partial charge in [0.05, 0.1) is 11.3 Å². The van der Waals surface area contributed by atoms with Crippen LogP contribution in [0.15, 0.2) is 59.0 Å². The third-order valence-electron chi connectivity index (χ3n) is 4.76. The zero-order valence-corrected chi connectivity index (χ0v) is 14.7. The summed E-state index contributed by atoms with van der Waals surface area (Å²) < 4.78 is 6.15. The zero-order chi connectivity index (χ0) is 18.3. The minimum atomic E-state index is -0.923. The van der Waals surface area contributed by atoms with Crippen molar-refractivity contribution in [3.05, 3.63) is 71.3 Å².